The summed E-state index contributed by atoms with van der Waals surface area (Å²) < 4.78 is 0. The highest BCUT2D eigenvalue weighted by Crippen LogP contribution is 2.26. The van der Waals surface area contributed by atoms with Crippen LogP contribution in [0.2, 0.25) is 0 Å². The molecule has 0 heterocycles. The fourth-order valence-corrected chi connectivity index (χ4v) is 0. The Labute approximate surface area is 46.8 Å². The van der Waals surface area contributed by atoms with E-state index in [9.17, 15) is 0 Å². The van der Waals surface area contributed by atoms with E-state index in [-0.39, 0.29) is 0 Å². The minimum Gasteiger partial charge on any atom is -0.333 e. The zero-order valence-electron chi connectivity index (χ0n) is 3.77. The zero-order chi connectivity index (χ0) is 6.50. The fraction of sp³-hybridized carbons (Fsp3) is 1.00. The number of hydrogen-bond acceptors (Lipinski definition) is 2. The molecular weight excluding hydrogens is 137 g/mol. The fourth-order valence-electron chi connectivity index (χ4n) is 0. The van der Waals surface area contributed by atoms with Gasteiger partial charge < -0.3 is 20.4 Å². The molecule has 7 heavy (non-hydrogen) atoms. The summed E-state index contributed by atoms with van der Waals surface area (Å²) in [6.45, 7) is -3.81. The second kappa shape index (κ2) is 4.64. The highest BCUT2D eigenvalue weighted by molar-refractivity contribution is 8.06. The van der Waals surface area contributed by atoms with E-state index >= 15 is 0 Å². The predicted molar refractivity (Wildman–Crippen MR) is 31.1 cm³/mol. The summed E-state index contributed by atoms with van der Waals surface area (Å²) in [5.41, 5.74) is 4.50. The molecule has 0 aliphatic carbocycles. The maximum atomic E-state index is 7.56. The van der Waals surface area contributed by atoms with Crippen molar-refractivity contribution < 1.29 is 14.7 Å². The molecule has 4 nitrogen and oxygen atoms in total. The van der Waals surface area contributed by atoms with Gasteiger partial charge in [-0.2, -0.15) is 0 Å². The van der Waals surface area contributed by atoms with Crippen molar-refractivity contribution in [3.63, 3.8) is 0 Å². The molecule has 6 heteroatoms. The lowest BCUT2D eigenvalue weighted by atomic mass is 11.6. The Morgan fingerprint density at radius 2 is 1.29 bits per heavy atom. The van der Waals surface area contributed by atoms with Crippen LogP contribution in [0.1, 0.15) is 0 Å². The van der Waals surface area contributed by atoms with Gasteiger partial charge >= 0.3 is 6.72 Å². The molecule has 0 spiro atoms. The van der Waals surface area contributed by atoms with Crippen LogP contribution in [0, 0.1) is 0 Å². The summed E-state index contributed by atoms with van der Waals surface area (Å²) in [5, 5.41) is 0. The Morgan fingerprint density at radius 3 is 1.29 bits per heavy atom. The molecule has 0 amide bonds. The SMILES string of the molecule is CN.OP(O)(O)=S. The molecule has 0 fully saturated rings. The van der Waals surface area contributed by atoms with Crippen molar-refractivity contribution in [2.24, 2.45) is 5.73 Å². The van der Waals surface area contributed by atoms with E-state index in [2.05, 4.69) is 17.5 Å². The number of rotatable bonds is 0. The van der Waals surface area contributed by atoms with E-state index in [1.54, 1.807) is 0 Å². The number of hydrogen-bond donors (Lipinski definition) is 4. The summed E-state index contributed by atoms with van der Waals surface area (Å²) in [6.07, 6.45) is 0. The minimum absolute atomic E-state index is 1.50. The van der Waals surface area contributed by atoms with E-state index in [0.29, 0.717) is 0 Å². The topological polar surface area (TPSA) is 86.7 Å². The lowest BCUT2D eigenvalue weighted by Crippen LogP contribution is -1.69. The maximum Gasteiger partial charge on any atom is 0.319 e. The van der Waals surface area contributed by atoms with Crippen LogP contribution < -0.4 is 5.73 Å². The van der Waals surface area contributed by atoms with Gasteiger partial charge in [-0.15, -0.1) is 0 Å². The van der Waals surface area contributed by atoms with Crippen LogP contribution in [0.25, 0.3) is 0 Å². The average Bonchev–Trinajstić information content (AvgIpc) is 1.36. The van der Waals surface area contributed by atoms with Crippen LogP contribution in [0.3, 0.4) is 0 Å². The van der Waals surface area contributed by atoms with Crippen molar-refractivity contribution in [1.29, 1.82) is 0 Å². The molecule has 0 atom stereocenters. The third-order valence-electron chi connectivity index (χ3n) is 0. The zero-order valence-corrected chi connectivity index (χ0v) is 5.49. The third kappa shape index (κ3) is 545. The van der Waals surface area contributed by atoms with Gasteiger partial charge in [0, 0.05) is 0 Å². The van der Waals surface area contributed by atoms with Gasteiger partial charge in [-0.3, -0.25) is 0 Å². The monoisotopic (exact) mass is 145 g/mol. The Bertz CT molecular complexity index is 61.1. The van der Waals surface area contributed by atoms with Gasteiger partial charge in [0.25, 0.3) is 0 Å². The van der Waals surface area contributed by atoms with Crippen molar-refractivity contribution in [2.75, 3.05) is 7.05 Å². The molecule has 0 rings (SSSR count). The molecule has 0 saturated carbocycles. The predicted octanol–water partition coefficient (Wildman–Crippen LogP) is -1.24. The first-order valence-electron chi connectivity index (χ1n) is 1.36. The first-order valence-corrected chi connectivity index (χ1v) is 4.02. The van der Waals surface area contributed by atoms with Gasteiger partial charge in [-0.1, -0.05) is 0 Å². The van der Waals surface area contributed by atoms with E-state index < -0.39 is 6.72 Å². The smallest absolute Gasteiger partial charge is 0.319 e. The van der Waals surface area contributed by atoms with Gasteiger partial charge in [-0.25, -0.2) is 0 Å². The minimum atomic E-state index is -3.81. The quantitative estimate of drug-likeness (QED) is 0.320. The highest BCUT2D eigenvalue weighted by atomic mass is 32.5. The standard InChI is InChI=1S/CH5N.H3O3PS/c1-2;1-4(2,3)5/h2H2,1H3;(H3,1,2,3,5). The van der Waals surface area contributed by atoms with Crippen LogP contribution in [0.5, 0.6) is 0 Å². The van der Waals surface area contributed by atoms with Crippen molar-refractivity contribution in [3.8, 4) is 0 Å². The Balaban J connectivity index is 0. The Kier molecular flexibility index (Phi) is 6.94. The summed E-state index contributed by atoms with van der Waals surface area (Å²) in [7, 11) is 1.50. The molecule has 5 N–H and O–H groups in total. The summed E-state index contributed by atoms with van der Waals surface area (Å²) in [6, 6.07) is 0. The Morgan fingerprint density at radius 1 is 1.29 bits per heavy atom. The van der Waals surface area contributed by atoms with Crippen LogP contribution >= 0.6 is 6.72 Å². The van der Waals surface area contributed by atoms with Crippen molar-refractivity contribution in [2.45, 2.75) is 0 Å². The van der Waals surface area contributed by atoms with Gasteiger partial charge in [0.1, 0.15) is 0 Å². The molecule has 46 valence electrons. The lowest BCUT2D eigenvalue weighted by Gasteiger charge is -1.88. The van der Waals surface area contributed by atoms with Crippen molar-refractivity contribution in [3.05, 3.63) is 0 Å². The van der Waals surface area contributed by atoms with Crippen molar-refractivity contribution >= 4 is 18.5 Å². The van der Waals surface area contributed by atoms with E-state index in [1.165, 1.54) is 7.05 Å². The normalized spacial score (nSPS) is 9.29. The van der Waals surface area contributed by atoms with Crippen molar-refractivity contribution in [1.82, 2.24) is 0 Å². The van der Waals surface area contributed by atoms with Crippen LogP contribution in [0.4, 0.5) is 0 Å². The van der Waals surface area contributed by atoms with Crippen LogP contribution in [-0.4, -0.2) is 21.7 Å². The van der Waals surface area contributed by atoms with E-state index in [0.717, 1.165) is 0 Å². The van der Waals surface area contributed by atoms with Crippen LogP contribution in [0.15, 0.2) is 0 Å². The summed E-state index contributed by atoms with van der Waals surface area (Å²) in [4.78, 5) is 22.7. The average molecular weight is 145 g/mol. The molecule has 0 aliphatic heterocycles. The second-order valence-corrected chi connectivity index (χ2v) is 3.01. The van der Waals surface area contributed by atoms with Gasteiger partial charge in [0.15, 0.2) is 0 Å². The van der Waals surface area contributed by atoms with Gasteiger partial charge in [0.2, 0.25) is 0 Å². The highest BCUT2D eigenvalue weighted by Gasteiger charge is 1.92. The molecule has 0 radical (unpaired) electrons. The second-order valence-electron chi connectivity index (χ2n) is 0.513. The van der Waals surface area contributed by atoms with E-state index in [1.807, 2.05) is 0 Å². The van der Waals surface area contributed by atoms with Gasteiger partial charge in [0.05, 0.1) is 0 Å². The first-order chi connectivity index (χ1) is 3.00. The Hall–Kier alpha value is 0.490. The lowest BCUT2D eigenvalue weighted by molar-refractivity contribution is 0.363. The first kappa shape index (κ1) is 10.5. The summed E-state index contributed by atoms with van der Waals surface area (Å²) in [5.74, 6) is 0. The molecule has 0 saturated heterocycles. The molecular formula is CH8NO3PS. The van der Waals surface area contributed by atoms with Crippen LogP contribution in [-0.2, 0) is 11.8 Å². The number of nitrogens with two attached hydrogens (primary N) is 1. The van der Waals surface area contributed by atoms with Gasteiger partial charge in [-0.05, 0) is 18.9 Å². The third-order valence-corrected chi connectivity index (χ3v) is 0. The largest absolute Gasteiger partial charge is 0.333 e. The molecule has 0 unspecified atom stereocenters. The molecule has 0 aliphatic rings. The summed E-state index contributed by atoms with van der Waals surface area (Å²) >= 11 is 3.60. The molecule has 0 aromatic carbocycles. The molecule has 0 aromatic rings. The molecule has 0 bridgehead atoms. The van der Waals surface area contributed by atoms with E-state index in [4.69, 9.17) is 14.7 Å². The molecule has 0 aromatic heterocycles. The maximum absolute atomic E-state index is 7.56.